The second-order valence-electron chi connectivity index (χ2n) is 5.86. The number of nitrogens with two attached hydrogens (primary N) is 1. The molecule has 0 unspecified atom stereocenters. The van der Waals surface area contributed by atoms with Gasteiger partial charge in [-0.25, -0.2) is 15.1 Å². The lowest BCUT2D eigenvalue weighted by Crippen LogP contribution is -2.34. The number of fused-ring (bicyclic) bond motifs is 1. The molecule has 27 heavy (non-hydrogen) atoms. The van der Waals surface area contributed by atoms with E-state index in [1.54, 1.807) is 12.5 Å². The first kappa shape index (κ1) is 20.3. The van der Waals surface area contributed by atoms with Crippen LogP contribution in [0.15, 0.2) is 11.7 Å². The zero-order valence-corrected chi connectivity index (χ0v) is 15.9. The van der Waals surface area contributed by atoms with Crippen LogP contribution >= 0.6 is 11.3 Å². The van der Waals surface area contributed by atoms with Crippen LogP contribution in [0.25, 0.3) is 10.2 Å². The molecule has 1 aliphatic rings. The first-order valence-corrected chi connectivity index (χ1v) is 10.3. The number of nitrogens with one attached hydrogen (secondary N) is 1. The molecule has 1 saturated heterocycles. The molecule has 150 valence electrons. The van der Waals surface area contributed by atoms with Crippen molar-refractivity contribution >= 4 is 37.7 Å². The summed E-state index contributed by atoms with van der Waals surface area (Å²) in [5.74, 6) is 0.621. The van der Waals surface area contributed by atoms with Gasteiger partial charge in [-0.1, -0.05) is 0 Å². The van der Waals surface area contributed by atoms with Crippen LogP contribution in [0.3, 0.4) is 0 Å². The first-order valence-electron chi connectivity index (χ1n) is 7.95. The molecule has 5 N–H and O–H groups in total. The summed E-state index contributed by atoms with van der Waals surface area (Å²) in [7, 11) is -2.59. The maximum atomic E-state index is 10.9. The van der Waals surface area contributed by atoms with Crippen LogP contribution in [0.1, 0.15) is 11.7 Å². The van der Waals surface area contributed by atoms with Gasteiger partial charge in [-0.3, -0.25) is 4.18 Å². The van der Waals surface area contributed by atoms with Crippen LogP contribution in [0.2, 0.25) is 0 Å². The minimum Gasteiger partial charge on any atom is -0.387 e. The number of anilines is 1. The Morgan fingerprint density at radius 3 is 2.85 bits per heavy atom. The molecule has 1 fully saturated rings. The molecule has 1 aliphatic heterocycles. The molecule has 0 radical (unpaired) electrons. The van der Waals surface area contributed by atoms with Crippen molar-refractivity contribution in [3.05, 3.63) is 17.3 Å². The van der Waals surface area contributed by atoms with Crippen LogP contribution in [0, 0.1) is 0 Å². The number of aliphatic hydroxyl groups is 2. The van der Waals surface area contributed by atoms with E-state index < -0.39 is 41.3 Å². The lowest BCUT2D eigenvalue weighted by Gasteiger charge is -2.13. The Bertz CT molecular complexity index is 891. The van der Waals surface area contributed by atoms with Gasteiger partial charge in [0.25, 0.3) is 0 Å². The van der Waals surface area contributed by atoms with Gasteiger partial charge in [-0.2, -0.15) is 8.42 Å². The van der Waals surface area contributed by atoms with Crippen LogP contribution < -0.4 is 10.5 Å². The van der Waals surface area contributed by atoms with E-state index in [1.165, 1.54) is 17.7 Å². The van der Waals surface area contributed by atoms with Crippen LogP contribution in [0.4, 0.5) is 5.82 Å². The van der Waals surface area contributed by atoms with Gasteiger partial charge in [-0.15, -0.1) is 11.3 Å². The topological polar surface area (TPSA) is 166 Å². The average Bonchev–Trinajstić information content (AvgIpc) is 3.16. The quantitative estimate of drug-likeness (QED) is 0.394. The van der Waals surface area contributed by atoms with Crippen molar-refractivity contribution in [3.8, 4) is 0 Å². The predicted molar refractivity (Wildman–Crippen MR) is 96.5 cm³/mol. The van der Waals surface area contributed by atoms with Gasteiger partial charge in [0, 0.05) is 19.2 Å². The molecule has 2 aromatic heterocycles. The monoisotopic (exact) mass is 420 g/mol. The molecule has 13 heteroatoms. The molecule has 0 bridgehead atoms. The highest BCUT2D eigenvalue weighted by atomic mass is 32.2. The molecule has 2 aromatic rings. The Labute approximate surface area is 159 Å². The highest BCUT2D eigenvalue weighted by molar-refractivity contribution is 7.84. The van der Waals surface area contributed by atoms with E-state index in [0.29, 0.717) is 30.0 Å². The molecule has 0 amide bonds. The van der Waals surface area contributed by atoms with Gasteiger partial charge in [0.1, 0.15) is 36.6 Å². The fourth-order valence-corrected chi connectivity index (χ4v) is 4.11. The smallest absolute Gasteiger partial charge is 0.333 e. The van der Waals surface area contributed by atoms with Crippen LogP contribution in [-0.4, -0.2) is 73.8 Å². The highest BCUT2D eigenvalue weighted by Crippen LogP contribution is 2.40. The maximum Gasteiger partial charge on any atom is 0.333 e. The van der Waals surface area contributed by atoms with Crippen molar-refractivity contribution < 1.29 is 32.3 Å². The summed E-state index contributed by atoms with van der Waals surface area (Å²) in [5.41, 5.74) is 1.14. The summed E-state index contributed by atoms with van der Waals surface area (Å²) < 4.78 is 37.7. The number of ether oxygens (including phenoxy) is 2. The van der Waals surface area contributed by atoms with Crippen molar-refractivity contribution in [2.24, 2.45) is 5.14 Å². The normalized spacial score (nSPS) is 25.9. The molecule has 0 aromatic carbocycles. The van der Waals surface area contributed by atoms with Gasteiger partial charge >= 0.3 is 10.3 Å². The van der Waals surface area contributed by atoms with Gasteiger partial charge in [0.2, 0.25) is 0 Å². The Morgan fingerprint density at radius 1 is 1.37 bits per heavy atom. The summed E-state index contributed by atoms with van der Waals surface area (Å²) >= 11 is 1.36. The fraction of sp³-hybridized carbons (Fsp3) is 0.571. The minimum atomic E-state index is -4.18. The average molecular weight is 420 g/mol. The standard InChI is InChI=1S/C14H20N4O7S2/c1-23-3-2-16-14-13-9(17-6-18-14)7(5-26-13)12-11(20)10(19)8(25-12)4-24-27(15,21)22/h5-6,8,10-12,19-20H,2-4H2,1H3,(H2,15,21,22)(H,16,17,18)/t8-,10-,11-,12+/m1/s1. The molecule has 0 saturated carbocycles. The fourth-order valence-electron chi connectivity index (χ4n) is 2.77. The van der Waals surface area contributed by atoms with Crippen LogP contribution in [-0.2, 0) is 24.0 Å². The number of hydrogen-bond acceptors (Lipinski definition) is 11. The van der Waals surface area contributed by atoms with Gasteiger partial charge in [-0.05, 0) is 5.38 Å². The Hall–Kier alpha value is -1.45. The molecular formula is C14H20N4O7S2. The van der Waals surface area contributed by atoms with E-state index >= 15 is 0 Å². The number of aromatic nitrogens is 2. The number of nitrogens with zero attached hydrogens (tertiary/aromatic N) is 2. The van der Waals surface area contributed by atoms with Crippen LogP contribution in [0.5, 0.6) is 0 Å². The number of methoxy groups -OCH3 is 1. The number of hydrogen-bond donors (Lipinski definition) is 4. The third kappa shape index (κ3) is 4.52. The van der Waals surface area contributed by atoms with Gasteiger partial charge in [0.15, 0.2) is 0 Å². The summed E-state index contributed by atoms with van der Waals surface area (Å²) in [4.78, 5) is 8.46. The summed E-state index contributed by atoms with van der Waals surface area (Å²) in [5, 5.41) is 30.2. The Balaban J connectivity index is 1.81. The maximum absolute atomic E-state index is 10.9. The third-order valence-electron chi connectivity index (χ3n) is 4.05. The van der Waals surface area contributed by atoms with Crippen molar-refractivity contribution in [3.63, 3.8) is 0 Å². The van der Waals surface area contributed by atoms with E-state index in [0.717, 1.165) is 4.70 Å². The van der Waals surface area contributed by atoms with E-state index in [1.807, 2.05) is 0 Å². The van der Waals surface area contributed by atoms with E-state index in [2.05, 4.69) is 19.5 Å². The first-order chi connectivity index (χ1) is 12.8. The van der Waals surface area contributed by atoms with E-state index in [-0.39, 0.29) is 0 Å². The number of rotatable bonds is 8. The number of thiophene rings is 1. The van der Waals surface area contributed by atoms with Gasteiger partial charge in [0.05, 0.1) is 23.4 Å². The lowest BCUT2D eigenvalue weighted by atomic mass is 10.0. The molecule has 3 rings (SSSR count). The number of aliphatic hydroxyl groups excluding tert-OH is 2. The minimum absolute atomic E-state index is 0.506. The van der Waals surface area contributed by atoms with Crippen molar-refractivity contribution in [1.82, 2.24) is 9.97 Å². The molecule has 0 spiro atoms. The summed E-state index contributed by atoms with van der Waals surface area (Å²) in [6, 6.07) is 0. The molecule has 11 nitrogen and oxygen atoms in total. The largest absolute Gasteiger partial charge is 0.387 e. The molecule has 4 atom stereocenters. The lowest BCUT2D eigenvalue weighted by molar-refractivity contribution is -0.0151. The van der Waals surface area contributed by atoms with Crippen molar-refractivity contribution in [1.29, 1.82) is 0 Å². The third-order valence-corrected chi connectivity index (χ3v) is 5.50. The van der Waals surface area contributed by atoms with E-state index in [9.17, 15) is 18.6 Å². The molecule has 0 aliphatic carbocycles. The zero-order valence-electron chi connectivity index (χ0n) is 14.3. The van der Waals surface area contributed by atoms with Crippen molar-refractivity contribution in [2.75, 3.05) is 32.2 Å². The zero-order chi connectivity index (χ0) is 19.6. The summed E-state index contributed by atoms with van der Waals surface area (Å²) in [6.45, 7) is 0.560. The SMILES string of the molecule is COCCNc1ncnc2c([C@@H]3O[C@H](COS(N)(=O)=O)[C@@H](O)[C@H]3O)csc12. The van der Waals surface area contributed by atoms with Gasteiger partial charge < -0.3 is 25.0 Å². The summed E-state index contributed by atoms with van der Waals surface area (Å²) in [6.07, 6.45) is -3.19. The molecular weight excluding hydrogens is 400 g/mol. The van der Waals surface area contributed by atoms with E-state index in [4.69, 9.17) is 14.6 Å². The molecule has 3 heterocycles. The Morgan fingerprint density at radius 2 is 2.15 bits per heavy atom. The highest BCUT2D eigenvalue weighted by Gasteiger charge is 2.45. The predicted octanol–water partition coefficient (Wildman–Crippen LogP) is -0.869. The second-order valence-corrected chi connectivity index (χ2v) is 7.97. The Kier molecular flexibility index (Phi) is 6.22. The second kappa shape index (κ2) is 8.28. The van der Waals surface area contributed by atoms with Crippen molar-refractivity contribution in [2.45, 2.75) is 24.4 Å².